The predicted octanol–water partition coefficient (Wildman–Crippen LogP) is 6.04. The van der Waals surface area contributed by atoms with Crippen LogP contribution in [-0.2, 0) is 24.0 Å². The number of carbonyl (C=O) groups excluding carboxylic acids is 3. The van der Waals surface area contributed by atoms with Crippen molar-refractivity contribution in [3.63, 3.8) is 0 Å². The van der Waals surface area contributed by atoms with Crippen molar-refractivity contribution in [3.8, 4) is 0 Å². The van der Waals surface area contributed by atoms with Crippen LogP contribution in [0.2, 0.25) is 0 Å². The molecule has 0 aliphatic heterocycles. The summed E-state index contributed by atoms with van der Waals surface area (Å²) < 4.78 is 4.80. The van der Waals surface area contributed by atoms with Crippen molar-refractivity contribution in [2.24, 2.45) is 11.8 Å². The van der Waals surface area contributed by atoms with Crippen LogP contribution in [0.4, 0.5) is 0 Å². The van der Waals surface area contributed by atoms with Crippen LogP contribution >= 0.6 is 0 Å². The number of rotatable bonds is 18. The van der Waals surface area contributed by atoms with Crippen LogP contribution in [0, 0.1) is 11.8 Å². The summed E-state index contributed by atoms with van der Waals surface area (Å²) >= 11 is 0. The SMILES string of the molecule is CCCCCCCCCCC=CC(CC(=O)ONC(=O)C(CC)CCCC)C(=O)OC. The molecule has 0 aromatic heterocycles. The maximum absolute atomic E-state index is 12.1. The van der Waals surface area contributed by atoms with Gasteiger partial charge in [0, 0.05) is 5.92 Å². The first kappa shape index (κ1) is 29.1. The largest absolute Gasteiger partial charge is 0.469 e. The van der Waals surface area contributed by atoms with E-state index in [9.17, 15) is 14.4 Å². The number of methoxy groups -OCH3 is 1. The zero-order valence-electron chi connectivity index (χ0n) is 20.3. The lowest BCUT2D eigenvalue weighted by Crippen LogP contribution is -2.33. The van der Waals surface area contributed by atoms with Crippen LogP contribution in [0.15, 0.2) is 12.2 Å². The minimum Gasteiger partial charge on any atom is -0.469 e. The highest BCUT2D eigenvalue weighted by atomic mass is 16.7. The molecule has 0 bridgehead atoms. The Hall–Kier alpha value is -1.85. The monoisotopic (exact) mass is 439 g/mol. The van der Waals surface area contributed by atoms with Gasteiger partial charge in [0.05, 0.1) is 19.4 Å². The molecule has 1 N–H and O–H groups in total. The average Bonchev–Trinajstić information content (AvgIpc) is 2.77. The topological polar surface area (TPSA) is 81.7 Å². The van der Waals surface area contributed by atoms with E-state index >= 15 is 0 Å². The van der Waals surface area contributed by atoms with Crippen molar-refractivity contribution in [2.75, 3.05) is 7.11 Å². The van der Waals surface area contributed by atoms with Gasteiger partial charge in [-0.15, -0.1) is 0 Å². The summed E-state index contributed by atoms with van der Waals surface area (Å²) in [6.07, 6.45) is 17.7. The average molecular weight is 440 g/mol. The van der Waals surface area contributed by atoms with Gasteiger partial charge in [0.15, 0.2) is 0 Å². The van der Waals surface area contributed by atoms with E-state index in [2.05, 4.69) is 19.3 Å². The van der Waals surface area contributed by atoms with Crippen molar-refractivity contribution in [3.05, 3.63) is 12.2 Å². The molecule has 0 rings (SSSR count). The Kier molecular flexibility index (Phi) is 18.9. The predicted molar refractivity (Wildman–Crippen MR) is 124 cm³/mol. The number of ether oxygens (including phenoxy) is 1. The number of hydrogen-bond donors (Lipinski definition) is 1. The summed E-state index contributed by atoms with van der Waals surface area (Å²) in [6.45, 7) is 6.23. The summed E-state index contributed by atoms with van der Waals surface area (Å²) in [5, 5.41) is 0. The van der Waals surface area contributed by atoms with Gasteiger partial charge in [0.25, 0.3) is 5.91 Å². The highest BCUT2D eigenvalue weighted by molar-refractivity contribution is 5.83. The van der Waals surface area contributed by atoms with E-state index in [-0.39, 0.29) is 18.2 Å². The van der Waals surface area contributed by atoms with Gasteiger partial charge < -0.3 is 9.57 Å². The third-order valence-corrected chi connectivity index (χ3v) is 5.52. The van der Waals surface area contributed by atoms with E-state index in [1.54, 1.807) is 6.08 Å². The number of hydroxylamine groups is 1. The molecule has 2 unspecified atom stereocenters. The molecule has 0 radical (unpaired) electrons. The molecule has 31 heavy (non-hydrogen) atoms. The quantitative estimate of drug-likeness (QED) is 0.122. The summed E-state index contributed by atoms with van der Waals surface area (Å²) in [5.41, 5.74) is 2.25. The number of carbonyl (C=O) groups is 3. The maximum Gasteiger partial charge on any atom is 0.333 e. The Balaban J connectivity index is 4.28. The van der Waals surface area contributed by atoms with Crippen LogP contribution < -0.4 is 5.48 Å². The Labute approximate surface area is 189 Å². The number of allylic oxidation sites excluding steroid dienone is 1. The zero-order chi connectivity index (χ0) is 23.3. The summed E-state index contributed by atoms with van der Waals surface area (Å²) in [4.78, 5) is 41.1. The van der Waals surface area contributed by atoms with Crippen molar-refractivity contribution >= 4 is 17.8 Å². The lowest BCUT2D eigenvalue weighted by molar-refractivity contribution is -0.162. The minimum absolute atomic E-state index is 0.160. The Morgan fingerprint density at radius 3 is 2.06 bits per heavy atom. The Morgan fingerprint density at radius 2 is 1.48 bits per heavy atom. The molecular weight excluding hydrogens is 394 g/mol. The van der Waals surface area contributed by atoms with Gasteiger partial charge in [-0.05, 0) is 25.7 Å². The first-order valence-electron chi connectivity index (χ1n) is 12.2. The van der Waals surface area contributed by atoms with E-state index < -0.39 is 17.9 Å². The Morgan fingerprint density at radius 1 is 0.871 bits per heavy atom. The molecule has 0 fully saturated rings. The lowest BCUT2D eigenvalue weighted by atomic mass is 9.99. The fourth-order valence-electron chi connectivity index (χ4n) is 3.42. The second kappa shape index (κ2) is 20.1. The number of esters is 1. The van der Waals surface area contributed by atoms with Gasteiger partial charge in [-0.1, -0.05) is 90.7 Å². The van der Waals surface area contributed by atoms with E-state index in [4.69, 9.17) is 9.57 Å². The van der Waals surface area contributed by atoms with Crippen molar-refractivity contribution in [1.82, 2.24) is 5.48 Å². The van der Waals surface area contributed by atoms with Crippen LogP contribution in [0.3, 0.4) is 0 Å². The lowest BCUT2D eigenvalue weighted by Gasteiger charge is -2.15. The number of unbranched alkanes of at least 4 members (excludes halogenated alkanes) is 9. The number of nitrogens with one attached hydrogen (secondary N) is 1. The summed E-state index contributed by atoms with van der Waals surface area (Å²) in [5.74, 6) is -2.29. The fraction of sp³-hybridized carbons (Fsp3) is 0.800. The van der Waals surface area contributed by atoms with Crippen LogP contribution in [0.1, 0.15) is 111 Å². The Bertz CT molecular complexity index is 518. The van der Waals surface area contributed by atoms with Crippen molar-refractivity contribution < 1.29 is 24.0 Å². The summed E-state index contributed by atoms with van der Waals surface area (Å²) in [7, 11) is 1.30. The molecule has 0 spiro atoms. The molecule has 6 nitrogen and oxygen atoms in total. The fourth-order valence-corrected chi connectivity index (χ4v) is 3.42. The van der Waals surface area contributed by atoms with E-state index in [0.717, 1.165) is 32.1 Å². The molecule has 0 aromatic carbocycles. The van der Waals surface area contributed by atoms with Gasteiger partial charge in [0.1, 0.15) is 0 Å². The van der Waals surface area contributed by atoms with Crippen molar-refractivity contribution in [1.29, 1.82) is 0 Å². The van der Waals surface area contributed by atoms with E-state index in [1.165, 1.54) is 52.1 Å². The van der Waals surface area contributed by atoms with E-state index in [0.29, 0.717) is 6.42 Å². The second-order valence-electron chi connectivity index (χ2n) is 8.21. The number of hydrogen-bond acceptors (Lipinski definition) is 5. The third-order valence-electron chi connectivity index (χ3n) is 5.52. The molecule has 0 aromatic rings. The molecule has 6 heteroatoms. The standard InChI is InChI=1S/C25H45NO5/c1-5-8-10-11-12-13-14-15-16-17-19-22(25(29)30-4)20-23(27)31-26-24(28)21(7-3)18-9-6-2/h17,19,21-22H,5-16,18,20H2,1-4H3,(H,26,28). The van der Waals surface area contributed by atoms with Crippen LogP contribution in [0.5, 0.6) is 0 Å². The van der Waals surface area contributed by atoms with Gasteiger partial charge in [-0.2, -0.15) is 5.48 Å². The number of amides is 1. The minimum atomic E-state index is -0.703. The second-order valence-corrected chi connectivity index (χ2v) is 8.21. The molecule has 0 saturated carbocycles. The third kappa shape index (κ3) is 15.6. The molecule has 0 aliphatic carbocycles. The molecule has 0 heterocycles. The molecule has 2 atom stereocenters. The van der Waals surface area contributed by atoms with Crippen LogP contribution in [0.25, 0.3) is 0 Å². The highest BCUT2D eigenvalue weighted by Gasteiger charge is 2.23. The van der Waals surface area contributed by atoms with Gasteiger partial charge in [-0.3, -0.25) is 9.59 Å². The zero-order valence-corrected chi connectivity index (χ0v) is 20.3. The molecule has 180 valence electrons. The van der Waals surface area contributed by atoms with Gasteiger partial charge in [-0.25, -0.2) is 4.79 Å². The molecule has 1 amide bonds. The first-order chi connectivity index (χ1) is 15.0. The maximum atomic E-state index is 12.1. The van der Waals surface area contributed by atoms with Crippen molar-refractivity contribution in [2.45, 2.75) is 111 Å². The highest BCUT2D eigenvalue weighted by Crippen LogP contribution is 2.14. The van der Waals surface area contributed by atoms with Gasteiger partial charge >= 0.3 is 11.9 Å². The molecule has 0 saturated heterocycles. The van der Waals surface area contributed by atoms with E-state index in [1.807, 2.05) is 13.0 Å². The summed E-state index contributed by atoms with van der Waals surface area (Å²) in [6, 6.07) is 0. The van der Waals surface area contributed by atoms with Crippen LogP contribution in [-0.4, -0.2) is 25.0 Å². The normalized spacial score (nSPS) is 13.0. The van der Waals surface area contributed by atoms with Gasteiger partial charge in [0.2, 0.25) is 0 Å². The molecule has 0 aliphatic rings. The first-order valence-corrected chi connectivity index (χ1v) is 12.2. The smallest absolute Gasteiger partial charge is 0.333 e. The molecular formula is C25H45NO5.